The third-order valence-electron chi connectivity index (χ3n) is 2.21. The van der Waals surface area contributed by atoms with Crippen LogP contribution in [0.5, 0.6) is 0 Å². The summed E-state index contributed by atoms with van der Waals surface area (Å²) in [4.78, 5) is 11.1. The van der Waals surface area contributed by atoms with Crippen LogP contribution in [-0.2, 0) is 6.18 Å². The van der Waals surface area contributed by atoms with Crippen LogP contribution in [0.1, 0.15) is 23.0 Å². The van der Waals surface area contributed by atoms with E-state index in [2.05, 4.69) is 5.10 Å². The van der Waals surface area contributed by atoms with E-state index in [0.717, 1.165) is 16.8 Å². The normalized spacial score (nSPS) is 12.1. The molecule has 0 spiro atoms. The second-order valence-electron chi connectivity index (χ2n) is 3.49. The number of carbonyl (C=O) groups excluding carboxylic acids is 1. The molecule has 0 aliphatic rings. The molecule has 3 nitrogen and oxygen atoms in total. The van der Waals surface area contributed by atoms with Gasteiger partial charge >= 0.3 is 6.18 Å². The Balaban J connectivity index is 2.69. The summed E-state index contributed by atoms with van der Waals surface area (Å²) in [5.74, 6) is -0.335. The molecule has 0 aliphatic carbocycles. The second kappa shape index (κ2) is 3.73. The van der Waals surface area contributed by atoms with Gasteiger partial charge in [-0.2, -0.15) is 18.3 Å². The Morgan fingerprint density at radius 3 is 2.59 bits per heavy atom. The van der Waals surface area contributed by atoms with Crippen LogP contribution in [0, 0.1) is 0 Å². The first kappa shape index (κ1) is 11.9. The fraction of sp³-hybridized carbons (Fsp3) is 0.200. The Kier molecular flexibility index (Phi) is 2.61. The van der Waals surface area contributed by atoms with Crippen LogP contribution in [0.2, 0.25) is 5.02 Å². The van der Waals surface area contributed by atoms with Crippen molar-refractivity contribution >= 4 is 22.9 Å². The van der Waals surface area contributed by atoms with Crippen molar-refractivity contribution in [2.45, 2.75) is 13.1 Å². The molecular formula is C10H6ClF3N2O. The minimum Gasteiger partial charge on any atom is -0.293 e. The van der Waals surface area contributed by atoms with Gasteiger partial charge in [-0.05, 0) is 12.1 Å². The number of nitrogens with zero attached hydrogens (tertiary/aromatic N) is 2. The van der Waals surface area contributed by atoms with Gasteiger partial charge < -0.3 is 0 Å². The Morgan fingerprint density at radius 2 is 2.06 bits per heavy atom. The Hall–Kier alpha value is -1.56. The van der Waals surface area contributed by atoms with E-state index < -0.39 is 11.7 Å². The van der Waals surface area contributed by atoms with Crippen LogP contribution in [0.15, 0.2) is 18.3 Å². The molecule has 0 fully saturated rings. The number of hydrogen-bond donors (Lipinski definition) is 0. The van der Waals surface area contributed by atoms with Crippen LogP contribution >= 0.6 is 11.6 Å². The van der Waals surface area contributed by atoms with Gasteiger partial charge in [0.1, 0.15) is 5.69 Å². The van der Waals surface area contributed by atoms with Crippen LogP contribution in [-0.4, -0.2) is 15.4 Å². The highest BCUT2D eigenvalue weighted by Gasteiger charge is 2.32. The van der Waals surface area contributed by atoms with Crippen molar-refractivity contribution < 1.29 is 18.0 Å². The maximum atomic E-state index is 12.5. The maximum absolute atomic E-state index is 12.5. The van der Waals surface area contributed by atoms with Gasteiger partial charge in [-0.25, -0.2) is 4.52 Å². The number of Topliss-reactive ketones (excluding diaryl/α,β-unsaturated/α-hetero) is 1. The first-order chi connectivity index (χ1) is 7.79. The molecule has 0 saturated heterocycles. The van der Waals surface area contributed by atoms with E-state index in [1.165, 1.54) is 13.0 Å². The Labute approximate surface area is 98.8 Å². The predicted molar refractivity (Wildman–Crippen MR) is 55.2 cm³/mol. The van der Waals surface area contributed by atoms with Gasteiger partial charge in [0, 0.05) is 13.1 Å². The van der Waals surface area contributed by atoms with Crippen molar-refractivity contribution in [3.8, 4) is 0 Å². The quantitative estimate of drug-likeness (QED) is 0.740. The monoisotopic (exact) mass is 262 g/mol. The largest absolute Gasteiger partial charge is 0.417 e. The van der Waals surface area contributed by atoms with E-state index in [4.69, 9.17) is 11.6 Å². The molecule has 2 heterocycles. The van der Waals surface area contributed by atoms with Crippen molar-refractivity contribution in [1.29, 1.82) is 0 Å². The molecule has 0 amide bonds. The molecule has 0 saturated carbocycles. The van der Waals surface area contributed by atoms with Crippen molar-refractivity contribution in [1.82, 2.24) is 9.61 Å². The molecule has 2 aromatic heterocycles. The molecule has 17 heavy (non-hydrogen) atoms. The molecule has 2 rings (SSSR count). The van der Waals surface area contributed by atoms with Crippen molar-refractivity contribution in [2.75, 3.05) is 0 Å². The van der Waals surface area contributed by atoms with Crippen LogP contribution in [0.4, 0.5) is 13.2 Å². The van der Waals surface area contributed by atoms with Gasteiger partial charge in [0.2, 0.25) is 0 Å². The Bertz CT molecular complexity index is 603. The lowest BCUT2D eigenvalue weighted by Crippen LogP contribution is -2.07. The zero-order valence-electron chi connectivity index (χ0n) is 8.55. The van der Waals surface area contributed by atoms with Gasteiger partial charge in [-0.3, -0.25) is 4.79 Å². The minimum absolute atomic E-state index is 0.0752. The highest BCUT2D eigenvalue weighted by Crippen LogP contribution is 2.32. The van der Waals surface area contributed by atoms with Crippen molar-refractivity contribution in [3.63, 3.8) is 0 Å². The lowest BCUT2D eigenvalue weighted by Gasteiger charge is -2.07. The highest BCUT2D eigenvalue weighted by atomic mass is 35.5. The van der Waals surface area contributed by atoms with Crippen molar-refractivity contribution in [2.24, 2.45) is 0 Å². The number of halogens is 4. The number of pyridine rings is 1. The molecule has 90 valence electrons. The first-order valence-electron chi connectivity index (χ1n) is 4.56. The fourth-order valence-corrected chi connectivity index (χ4v) is 1.64. The molecule has 0 N–H and O–H groups in total. The molecule has 0 atom stereocenters. The van der Waals surface area contributed by atoms with E-state index in [0.29, 0.717) is 0 Å². The number of carbonyl (C=O) groups is 1. The zero-order chi connectivity index (χ0) is 12.8. The van der Waals surface area contributed by atoms with E-state index in [-0.39, 0.29) is 22.0 Å². The fourth-order valence-electron chi connectivity index (χ4n) is 1.38. The molecule has 0 aliphatic heterocycles. The summed E-state index contributed by atoms with van der Waals surface area (Å²) < 4.78 is 38.4. The Morgan fingerprint density at radius 1 is 1.41 bits per heavy atom. The van der Waals surface area contributed by atoms with Gasteiger partial charge in [-0.1, -0.05) is 11.6 Å². The molecule has 0 bridgehead atoms. The number of alkyl halides is 3. The summed E-state index contributed by atoms with van der Waals surface area (Å²) in [6.07, 6.45) is -3.70. The third kappa shape index (κ3) is 2.12. The second-order valence-corrected chi connectivity index (χ2v) is 3.90. The zero-order valence-corrected chi connectivity index (χ0v) is 9.30. The van der Waals surface area contributed by atoms with Crippen LogP contribution in [0.25, 0.3) is 5.52 Å². The molecule has 0 unspecified atom stereocenters. The summed E-state index contributed by atoms with van der Waals surface area (Å²) >= 11 is 5.71. The molecule has 2 aromatic rings. The molecule has 7 heteroatoms. The van der Waals surface area contributed by atoms with Crippen molar-refractivity contribution in [3.05, 3.63) is 34.6 Å². The van der Waals surface area contributed by atoms with Gasteiger partial charge in [0.05, 0.1) is 16.1 Å². The van der Waals surface area contributed by atoms with Gasteiger partial charge in [0.15, 0.2) is 5.78 Å². The van der Waals surface area contributed by atoms with Crippen LogP contribution < -0.4 is 0 Å². The highest BCUT2D eigenvalue weighted by molar-refractivity contribution is 6.34. The summed E-state index contributed by atoms with van der Waals surface area (Å²) in [5, 5.41) is 3.63. The van der Waals surface area contributed by atoms with E-state index >= 15 is 0 Å². The summed E-state index contributed by atoms with van der Waals surface area (Å²) in [6.45, 7) is 1.28. The van der Waals surface area contributed by atoms with E-state index in [1.54, 1.807) is 0 Å². The topological polar surface area (TPSA) is 34.4 Å². The number of ketones is 1. The van der Waals surface area contributed by atoms with Gasteiger partial charge in [-0.15, -0.1) is 0 Å². The maximum Gasteiger partial charge on any atom is 0.417 e. The molecule has 0 radical (unpaired) electrons. The average molecular weight is 263 g/mol. The van der Waals surface area contributed by atoms with E-state index in [1.807, 2.05) is 0 Å². The lowest BCUT2D eigenvalue weighted by atomic mass is 10.2. The number of hydrogen-bond acceptors (Lipinski definition) is 2. The summed E-state index contributed by atoms with van der Waals surface area (Å²) in [5.41, 5.74) is -0.565. The third-order valence-corrected chi connectivity index (χ3v) is 2.51. The van der Waals surface area contributed by atoms with Crippen LogP contribution in [0.3, 0.4) is 0 Å². The first-order valence-corrected chi connectivity index (χ1v) is 4.94. The number of rotatable bonds is 1. The number of fused-ring (bicyclic) bond motifs is 1. The lowest BCUT2D eigenvalue weighted by molar-refractivity contribution is -0.137. The standard InChI is InChI=1S/C10H6ClF3N2O/c1-5(17)8-3-9-7(11)2-6(10(12,13)14)4-16(9)15-8/h2-4H,1H3. The van der Waals surface area contributed by atoms with E-state index in [9.17, 15) is 18.0 Å². The van der Waals surface area contributed by atoms with Gasteiger partial charge in [0.25, 0.3) is 0 Å². The predicted octanol–water partition coefficient (Wildman–Crippen LogP) is 3.21. The summed E-state index contributed by atoms with van der Waals surface area (Å²) in [7, 11) is 0. The summed E-state index contributed by atoms with van der Waals surface area (Å²) in [6, 6.07) is 2.16. The average Bonchev–Trinajstić information content (AvgIpc) is 2.60. The minimum atomic E-state index is -4.50. The molecule has 0 aromatic carbocycles. The number of aromatic nitrogens is 2. The SMILES string of the molecule is CC(=O)c1cc2c(Cl)cc(C(F)(F)F)cn2n1. The smallest absolute Gasteiger partial charge is 0.293 e. The molecular weight excluding hydrogens is 257 g/mol.